The molecule has 0 saturated carbocycles. The average molecular weight is 312 g/mol. The highest BCUT2D eigenvalue weighted by molar-refractivity contribution is 9.10. The number of halogens is 3. The zero-order chi connectivity index (χ0) is 11.6. The van der Waals surface area contributed by atoms with E-state index in [1.54, 1.807) is 19.1 Å². The predicted octanol–water partition coefficient (Wildman–Crippen LogP) is 3.04. The fourth-order valence-corrected chi connectivity index (χ4v) is 1.69. The third-order valence-electron chi connectivity index (χ3n) is 1.71. The first kappa shape index (κ1) is 12.8. The van der Waals surface area contributed by atoms with Gasteiger partial charge in [0.15, 0.2) is 0 Å². The van der Waals surface area contributed by atoms with Crippen molar-refractivity contribution in [3.05, 3.63) is 26.7 Å². The first-order valence-corrected chi connectivity index (χ1v) is 5.68. The van der Waals surface area contributed by atoms with Crippen molar-refractivity contribution in [1.82, 2.24) is 0 Å². The Hall–Kier alpha value is -0.290. The van der Waals surface area contributed by atoms with Crippen LogP contribution in [0.4, 0.5) is 5.69 Å². The van der Waals surface area contributed by atoms with E-state index in [0.29, 0.717) is 20.2 Å². The molecule has 15 heavy (non-hydrogen) atoms. The van der Waals surface area contributed by atoms with Crippen molar-refractivity contribution in [1.29, 1.82) is 0 Å². The minimum absolute atomic E-state index is 0.292. The first-order valence-electron chi connectivity index (χ1n) is 4.13. The second-order valence-electron chi connectivity index (χ2n) is 3.00. The molecule has 1 aromatic carbocycles. The van der Waals surface area contributed by atoms with E-state index in [1.807, 2.05) is 0 Å². The Kier molecular flexibility index (Phi) is 4.40. The predicted molar refractivity (Wildman–Crippen MR) is 66.4 cm³/mol. The fraction of sp³-hybridized carbons (Fsp3) is 0.222. The van der Waals surface area contributed by atoms with Crippen molar-refractivity contribution >= 4 is 50.7 Å². The van der Waals surface area contributed by atoms with Crippen LogP contribution in [-0.2, 0) is 4.79 Å². The number of carbonyl (C=O) groups is 1. The highest BCUT2D eigenvalue weighted by atomic mass is 79.9. The van der Waals surface area contributed by atoms with Crippen LogP contribution in [0.3, 0.4) is 0 Å². The Labute approximate surface area is 106 Å². The number of amides is 1. The molecule has 1 atom stereocenters. The lowest BCUT2D eigenvalue weighted by Crippen LogP contribution is -2.32. The van der Waals surface area contributed by atoms with Crippen LogP contribution in [0, 0.1) is 0 Å². The summed E-state index contributed by atoms with van der Waals surface area (Å²) in [5, 5.41) is 3.23. The number of carbonyl (C=O) groups excluding carboxylic acids is 1. The third kappa shape index (κ3) is 3.08. The zero-order valence-electron chi connectivity index (χ0n) is 7.85. The lowest BCUT2D eigenvalue weighted by molar-refractivity contribution is -0.117. The summed E-state index contributed by atoms with van der Waals surface area (Å²) in [6.45, 7) is 1.59. The molecule has 3 nitrogen and oxygen atoms in total. The van der Waals surface area contributed by atoms with Gasteiger partial charge in [-0.25, -0.2) is 0 Å². The monoisotopic (exact) mass is 310 g/mol. The summed E-state index contributed by atoms with van der Waals surface area (Å²) in [4.78, 5) is 11.3. The third-order valence-corrected chi connectivity index (χ3v) is 3.48. The molecule has 6 heteroatoms. The summed E-state index contributed by atoms with van der Waals surface area (Å²) in [6, 6.07) is 2.76. The molecule has 0 heterocycles. The molecular weight excluding hydrogens is 303 g/mol. The molecule has 0 aliphatic carbocycles. The van der Waals surface area contributed by atoms with Crippen LogP contribution < -0.4 is 11.1 Å². The van der Waals surface area contributed by atoms with Gasteiger partial charge in [-0.2, -0.15) is 0 Å². The molecular formula is C9H9BrCl2N2O. The van der Waals surface area contributed by atoms with Gasteiger partial charge in [0.1, 0.15) is 0 Å². The van der Waals surface area contributed by atoms with E-state index in [2.05, 4.69) is 21.2 Å². The summed E-state index contributed by atoms with van der Waals surface area (Å²) in [7, 11) is 0. The number of hydrogen-bond acceptors (Lipinski definition) is 2. The highest BCUT2D eigenvalue weighted by Crippen LogP contribution is 2.35. The normalized spacial score (nSPS) is 12.3. The van der Waals surface area contributed by atoms with E-state index in [9.17, 15) is 4.79 Å². The molecule has 0 aliphatic heterocycles. The molecule has 3 N–H and O–H groups in total. The number of nitrogens with one attached hydrogen (secondary N) is 1. The topological polar surface area (TPSA) is 55.1 Å². The maximum atomic E-state index is 11.3. The molecule has 0 aliphatic rings. The number of hydrogen-bond donors (Lipinski definition) is 2. The Bertz CT molecular complexity index is 396. The molecule has 1 amide bonds. The van der Waals surface area contributed by atoms with Gasteiger partial charge in [-0.3, -0.25) is 4.79 Å². The van der Waals surface area contributed by atoms with Crippen LogP contribution in [0.5, 0.6) is 0 Å². The lowest BCUT2D eigenvalue weighted by Gasteiger charge is -2.10. The lowest BCUT2D eigenvalue weighted by atomic mass is 10.3. The van der Waals surface area contributed by atoms with Gasteiger partial charge >= 0.3 is 0 Å². The van der Waals surface area contributed by atoms with Crippen LogP contribution in [0.1, 0.15) is 6.92 Å². The quantitative estimate of drug-likeness (QED) is 0.825. The fourth-order valence-electron chi connectivity index (χ4n) is 0.869. The second-order valence-corrected chi connectivity index (χ2v) is 4.61. The van der Waals surface area contributed by atoms with E-state index in [-0.39, 0.29) is 5.91 Å². The van der Waals surface area contributed by atoms with E-state index in [4.69, 9.17) is 28.9 Å². The molecule has 0 radical (unpaired) electrons. The average Bonchev–Trinajstić information content (AvgIpc) is 2.18. The van der Waals surface area contributed by atoms with Gasteiger partial charge in [0.05, 0.1) is 21.8 Å². The molecule has 1 aromatic rings. The van der Waals surface area contributed by atoms with Crippen LogP contribution in [0.15, 0.2) is 16.6 Å². The molecule has 0 fully saturated rings. The Balaban J connectivity index is 2.97. The highest BCUT2D eigenvalue weighted by Gasteiger charge is 2.12. The van der Waals surface area contributed by atoms with Crippen molar-refractivity contribution in [2.24, 2.45) is 5.73 Å². The van der Waals surface area contributed by atoms with E-state index in [0.717, 1.165) is 0 Å². The van der Waals surface area contributed by atoms with Gasteiger partial charge in [0.2, 0.25) is 5.91 Å². The van der Waals surface area contributed by atoms with Crippen molar-refractivity contribution in [3.63, 3.8) is 0 Å². The van der Waals surface area contributed by atoms with E-state index < -0.39 is 6.04 Å². The number of rotatable bonds is 2. The first-order chi connectivity index (χ1) is 6.93. The van der Waals surface area contributed by atoms with E-state index in [1.165, 1.54) is 0 Å². The molecule has 82 valence electrons. The minimum Gasteiger partial charge on any atom is -0.323 e. The van der Waals surface area contributed by atoms with Crippen molar-refractivity contribution in [2.75, 3.05) is 5.32 Å². The van der Waals surface area contributed by atoms with Gasteiger partial charge < -0.3 is 11.1 Å². The van der Waals surface area contributed by atoms with Crippen molar-refractivity contribution in [3.8, 4) is 0 Å². The Morgan fingerprint density at radius 2 is 2.07 bits per heavy atom. The van der Waals surface area contributed by atoms with Crippen molar-refractivity contribution in [2.45, 2.75) is 13.0 Å². The Morgan fingerprint density at radius 1 is 1.47 bits per heavy atom. The van der Waals surface area contributed by atoms with E-state index >= 15 is 0 Å². The van der Waals surface area contributed by atoms with Gasteiger partial charge in [0.25, 0.3) is 0 Å². The molecule has 0 saturated heterocycles. The Morgan fingerprint density at radius 3 is 2.60 bits per heavy atom. The summed E-state index contributed by atoms with van der Waals surface area (Å²) >= 11 is 15.0. The zero-order valence-corrected chi connectivity index (χ0v) is 10.9. The van der Waals surface area contributed by atoms with Crippen LogP contribution in [0.25, 0.3) is 0 Å². The van der Waals surface area contributed by atoms with Gasteiger partial charge in [-0.1, -0.05) is 23.2 Å². The standard InChI is InChI=1S/C9H9BrCl2N2O/c1-4(13)9(15)14-6-3-2-5(10)7(11)8(6)12/h2-4H,13H2,1H3,(H,14,15). The van der Waals surface area contributed by atoms with Gasteiger partial charge in [-0.05, 0) is 35.0 Å². The van der Waals surface area contributed by atoms with Crippen LogP contribution in [0.2, 0.25) is 10.0 Å². The largest absolute Gasteiger partial charge is 0.323 e. The number of nitrogens with two attached hydrogens (primary N) is 1. The molecule has 0 spiro atoms. The van der Waals surface area contributed by atoms with Gasteiger partial charge in [-0.15, -0.1) is 0 Å². The minimum atomic E-state index is -0.594. The smallest absolute Gasteiger partial charge is 0.241 e. The second kappa shape index (κ2) is 5.16. The number of benzene rings is 1. The maximum Gasteiger partial charge on any atom is 0.241 e. The summed E-state index contributed by atoms with van der Waals surface area (Å²) in [5.74, 6) is -0.310. The van der Waals surface area contributed by atoms with Crippen LogP contribution >= 0.6 is 39.1 Å². The van der Waals surface area contributed by atoms with Crippen LogP contribution in [-0.4, -0.2) is 11.9 Å². The summed E-state index contributed by atoms with van der Waals surface area (Å²) in [5.41, 5.74) is 5.86. The SMILES string of the molecule is CC(N)C(=O)Nc1ccc(Br)c(Cl)c1Cl. The molecule has 0 aromatic heterocycles. The summed E-state index contributed by atoms with van der Waals surface area (Å²) < 4.78 is 0.674. The van der Waals surface area contributed by atoms with Crippen molar-refractivity contribution < 1.29 is 4.79 Å². The molecule has 1 rings (SSSR count). The van der Waals surface area contributed by atoms with Gasteiger partial charge in [0, 0.05) is 4.47 Å². The maximum absolute atomic E-state index is 11.3. The number of anilines is 1. The summed E-state index contributed by atoms with van der Waals surface area (Å²) in [6.07, 6.45) is 0. The molecule has 0 bridgehead atoms. The molecule has 1 unspecified atom stereocenters.